The molecule has 0 saturated heterocycles. The topological polar surface area (TPSA) is 86.7 Å². The van der Waals surface area contributed by atoms with Crippen molar-refractivity contribution < 1.29 is 34.0 Å². The number of rotatable bonds is 15. The van der Waals surface area contributed by atoms with Gasteiger partial charge in [-0.3, -0.25) is 8.37 Å². The van der Waals surface area contributed by atoms with E-state index in [1.807, 2.05) is 0 Å². The van der Waals surface area contributed by atoms with E-state index < -0.39 is 31.9 Å². The lowest BCUT2D eigenvalue weighted by molar-refractivity contribution is 0.302. The van der Waals surface area contributed by atoms with Crippen molar-refractivity contribution in [2.75, 3.05) is 13.2 Å². The second-order valence-electron chi connectivity index (χ2n) is 7.29. The molecule has 2 rings (SSSR count). The van der Waals surface area contributed by atoms with E-state index in [9.17, 15) is 25.6 Å². The van der Waals surface area contributed by atoms with Crippen molar-refractivity contribution >= 4 is 20.2 Å². The first-order valence-electron chi connectivity index (χ1n) is 10.5. The van der Waals surface area contributed by atoms with Crippen LogP contribution < -0.4 is 0 Å². The molecule has 0 unspecified atom stereocenters. The second-order valence-corrected chi connectivity index (χ2v) is 10.5. The minimum Gasteiger partial charge on any atom is -0.266 e. The monoisotopic (exact) mass is 490 g/mol. The third-order valence-electron chi connectivity index (χ3n) is 4.72. The predicted octanol–water partition coefficient (Wildman–Crippen LogP) is 5.20. The predicted molar refractivity (Wildman–Crippen MR) is 116 cm³/mol. The number of halogens is 2. The Bertz CT molecular complexity index is 936. The third kappa shape index (κ3) is 9.32. The van der Waals surface area contributed by atoms with Gasteiger partial charge >= 0.3 is 0 Å². The lowest BCUT2D eigenvalue weighted by atomic mass is 10.1. The molecule has 0 N–H and O–H groups in total. The number of hydrogen-bond acceptors (Lipinski definition) is 6. The first-order chi connectivity index (χ1) is 15.2. The van der Waals surface area contributed by atoms with Crippen LogP contribution in [0.2, 0.25) is 0 Å². The first kappa shape index (κ1) is 26.4. The summed E-state index contributed by atoms with van der Waals surface area (Å²) in [7, 11) is -7.71. The van der Waals surface area contributed by atoms with E-state index >= 15 is 0 Å². The van der Waals surface area contributed by atoms with E-state index in [0.29, 0.717) is 12.8 Å². The second kappa shape index (κ2) is 13.0. The van der Waals surface area contributed by atoms with Crippen LogP contribution >= 0.6 is 0 Å². The van der Waals surface area contributed by atoms with Gasteiger partial charge in [-0.05, 0) is 61.4 Å². The van der Waals surface area contributed by atoms with Gasteiger partial charge in [0, 0.05) is 0 Å². The van der Waals surface area contributed by atoms with E-state index in [1.54, 1.807) is 0 Å². The first-order valence-corrected chi connectivity index (χ1v) is 13.3. The van der Waals surface area contributed by atoms with Crippen molar-refractivity contribution in [2.24, 2.45) is 0 Å². The molecule has 32 heavy (non-hydrogen) atoms. The van der Waals surface area contributed by atoms with Crippen molar-refractivity contribution in [3.05, 3.63) is 60.2 Å². The number of hydrogen-bond donors (Lipinski definition) is 0. The molecule has 0 aliphatic rings. The van der Waals surface area contributed by atoms with Crippen molar-refractivity contribution in [3.63, 3.8) is 0 Å². The van der Waals surface area contributed by atoms with Crippen molar-refractivity contribution in [3.8, 4) is 0 Å². The van der Waals surface area contributed by atoms with Crippen LogP contribution in [0.25, 0.3) is 0 Å². The quantitative estimate of drug-likeness (QED) is 0.252. The molecule has 0 radical (unpaired) electrons. The highest BCUT2D eigenvalue weighted by atomic mass is 32.2. The van der Waals surface area contributed by atoms with Crippen LogP contribution in [0.5, 0.6) is 0 Å². The molecule has 0 amide bonds. The van der Waals surface area contributed by atoms with Crippen LogP contribution in [-0.2, 0) is 28.6 Å². The summed E-state index contributed by atoms with van der Waals surface area (Å²) >= 11 is 0. The summed E-state index contributed by atoms with van der Waals surface area (Å²) in [6, 6.07) is 9.00. The Morgan fingerprint density at radius 2 is 0.781 bits per heavy atom. The number of unbranched alkanes of at least 4 members (excludes halogenated alkanes) is 7. The highest BCUT2D eigenvalue weighted by Crippen LogP contribution is 2.16. The molecular formula is C22H28F2O6S2. The Balaban J connectivity index is 1.47. The highest BCUT2D eigenvalue weighted by Gasteiger charge is 2.15. The van der Waals surface area contributed by atoms with Gasteiger partial charge in [0.25, 0.3) is 20.2 Å². The molecule has 6 nitrogen and oxygen atoms in total. The molecule has 178 valence electrons. The van der Waals surface area contributed by atoms with Crippen LogP contribution in [0.3, 0.4) is 0 Å². The lowest BCUT2D eigenvalue weighted by Crippen LogP contribution is -2.07. The van der Waals surface area contributed by atoms with Gasteiger partial charge in [0.05, 0.1) is 23.0 Å². The summed E-state index contributed by atoms with van der Waals surface area (Å²) in [5, 5.41) is 0. The minimum atomic E-state index is -3.86. The fourth-order valence-corrected chi connectivity index (χ4v) is 4.83. The average molecular weight is 491 g/mol. The number of benzene rings is 2. The molecule has 0 spiro atoms. The van der Waals surface area contributed by atoms with Gasteiger partial charge in [0.1, 0.15) is 11.6 Å². The van der Waals surface area contributed by atoms with Gasteiger partial charge in [0.2, 0.25) is 0 Å². The Morgan fingerprint density at radius 1 is 0.500 bits per heavy atom. The molecule has 10 heteroatoms. The maximum Gasteiger partial charge on any atom is 0.296 e. The maximum atomic E-state index is 12.9. The lowest BCUT2D eigenvalue weighted by Gasteiger charge is -2.06. The molecule has 0 aliphatic carbocycles. The molecule has 0 aliphatic heterocycles. The van der Waals surface area contributed by atoms with Crippen LogP contribution in [0.1, 0.15) is 51.4 Å². The minimum absolute atomic E-state index is 0.0617. The maximum absolute atomic E-state index is 12.9. The van der Waals surface area contributed by atoms with E-state index in [2.05, 4.69) is 0 Å². The summed E-state index contributed by atoms with van der Waals surface area (Å²) in [5.41, 5.74) is 0. The molecule has 0 saturated carbocycles. The van der Waals surface area contributed by atoms with E-state index in [0.717, 1.165) is 62.8 Å². The zero-order chi connectivity index (χ0) is 23.5. The summed E-state index contributed by atoms with van der Waals surface area (Å²) < 4.78 is 83.5. The Hall–Kier alpha value is -1.88. The molecule has 0 aromatic heterocycles. The molecule has 0 heterocycles. The summed E-state index contributed by atoms with van der Waals surface area (Å²) in [4.78, 5) is -0.123. The molecule has 0 fully saturated rings. The fourth-order valence-electron chi connectivity index (χ4n) is 2.94. The van der Waals surface area contributed by atoms with E-state index in [-0.39, 0.29) is 23.0 Å². The summed E-state index contributed by atoms with van der Waals surface area (Å²) in [6.45, 7) is 0.166. The highest BCUT2D eigenvalue weighted by molar-refractivity contribution is 7.87. The zero-order valence-corrected chi connectivity index (χ0v) is 19.3. The zero-order valence-electron chi connectivity index (χ0n) is 17.7. The van der Waals surface area contributed by atoms with Gasteiger partial charge in [-0.15, -0.1) is 0 Å². The normalized spacial score (nSPS) is 12.2. The average Bonchev–Trinajstić information content (AvgIpc) is 2.75. The Kier molecular flexibility index (Phi) is 10.7. The SMILES string of the molecule is O=S(=O)(OCCCCCCCCCCOS(=O)(=O)c1ccc(F)cc1)c1ccc(F)cc1. The van der Waals surface area contributed by atoms with Crippen LogP contribution in [0.15, 0.2) is 58.3 Å². The molecular weight excluding hydrogens is 462 g/mol. The standard InChI is InChI=1S/C22H28F2O6S2/c23-19-9-13-21(14-10-19)31(25,26)29-17-7-5-3-1-2-4-6-8-18-30-32(27,28)22-15-11-20(24)12-16-22/h9-16H,1-8,17-18H2. The molecule has 2 aromatic rings. The Morgan fingerprint density at radius 3 is 1.09 bits per heavy atom. The van der Waals surface area contributed by atoms with Gasteiger partial charge in [-0.1, -0.05) is 38.5 Å². The molecule has 2 aromatic carbocycles. The van der Waals surface area contributed by atoms with Gasteiger partial charge in [0.15, 0.2) is 0 Å². The van der Waals surface area contributed by atoms with Crippen molar-refractivity contribution in [2.45, 2.75) is 61.2 Å². The summed E-state index contributed by atoms with van der Waals surface area (Å²) in [5.74, 6) is -1.02. The van der Waals surface area contributed by atoms with Crippen LogP contribution in [-0.4, -0.2) is 30.0 Å². The Labute approximate surface area is 188 Å². The van der Waals surface area contributed by atoms with Crippen LogP contribution in [0, 0.1) is 11.6 Å². The third-order valence-corrected chi connectivity index (χ3v) is 7.37. The van der Waals surface area contributed by atoms with E-state index in [4.69, 9.17) is 8.37 Å². The van der Waals surface area contributed by atoms with Crippen LogP contribution in [0.4, 0.5) is 8.78 Å². The van der Waals surface area contributed by atoms with Crippen molar-refractivity contribution in [1.82, 2.24) is 0 Å². The molecule has 0 atom stereocenters. The largest absolute Gasteiger partial charge is 0.296 e. The van der Waals surface area contributed by atoms with Gasteiger partial charge in [-0.2, -0.15) is 16.8 Å². The van der Waals surface area contributed by atoms with Gasteiger partial charge < -0.3 is 0 Å². The summed E-state index contributed by atoms with van der Waals surface area (Å²) in [6.07, 6.45) is 6.73. The molecule has 0 bridgehead atoms. The van der Waals surface area contributed by atoms with Gasteiger partial charge in [-0.25, -0.2) is 8.78 Å². The smallest absolute Gasteiger partial charge is 0.266 e. The van der Waals surface area contributed by atoms with Crippen molar-refractivity contribution in [1.29, 1.82) is 0 Å². The fraction of sp³-hybridized carbons (Fsp3) is 0.455. The van der Waals surface area contributed by atoms with E-state index in [1.165, 1.54) is 24.3 Å².